The van der Waals surface area contributed by atoms with E-state index >= 15 is 0 Å². The van der Waals surface area contributed by atoms with Crippen molar-refractivity contribution in [2.45, 2.75) is 23.8 Å². The third kappa shape index (κ3) is 4.54. The second-order valence-electron chi connectivity index (χ2n) is 5.56. The minimum absolute atomic E-state index is 0. The minimum atomic E-state index is -3.48. The molecule has 1 aliphatic rings. The number of rotatable bonds is 4. The predicted molar refractivity (Wildman–Crippen MR) is 95.3 cm³/mol. The Morgan fingerprint density at radius 1 is 1.00 bits per heavy atom. The largest absolute Gasteiger partial charge is 0.315 e. The molecule has 4 nitrogen and oxygen atoms in total. The number of halogens is 1. The van der Waals surface area contributed by atoms with Gasteiger partial charge in [0.1, 0.15) is 0 Å². The van der Waals surface area contributed by atoms with Crippen molar-refractivity contribution in [3.05, 3.63) is 54.6 Å². The molecular weight excluding hydrogens is 332 g/mol. The Bertz CT molecular complexity index is 729. The number of benzene rings is 2. The van der Waals surface area contributed by atoms with Crippen molar-refractivity contribution in [3.8, 4) is 11.1 Å². The summed E-state index contributed by atoms with van der Waals surface area (Å²) in [6.07, 6.45) is 1.88. The number of hydrogen-bond acceptors (Lipinski definition) is 3. The minimum Gasteiger partial charge on any atom is -0.315 e. The molecule has 1 fully saturated rings. The summed E-state index contributed by atoms with van der Waals surface area (Å²) in [7, 11) is -3.48. The van der Waals surface area contributed by atoms with E-state index < -0.39 is 10.0 Å². The third-order valence-corrected chi connectivity index (χ3v) is 5.39. The van der Waals surface area contributed by atoms with Crippen molar-refractivity contribution >= 4 is 22.4 Å². The Morgan fingerprint density at radius 3 is 2.43 bits per heavy atom. The lowest BCUT2D eigenvalue weighted by Crippen LogP contribution is -2.45. The molecule has 23 heavy (non-hydrogen) atoms. The van der Waals surface area contributed by atoms with E-state index in [9.17, 15) is 8.42 Å². The van der Waals surface area contributed by atoms with E-state index in [1.807, 2.05) is 36.4 Å². The predicted octanol–water partition coefficient (Wildman–Crippen LogP) is 2.81. The van der Waals surface area contributed by atoms with Gasteiger partial charge in [-0.05, 0) is 42.6 Å². The summed E-state index contributed by atoms with van der Waals surface area (Å²) in [6.45, 7) is 1.65. The molecule has 0 spiro atoms. The maximum absolute atomic E-state index is 12.5. The average molecular weight is 353 g/mol. The molecule has 1 heterocycles. The van der Waals surface area contributed by atoms with Gasteiger partial charge in [0.05, 0.1) is 4.90 Å². The first-order chi connectivity index (χ1) is 10.6. The molecule has 0 amide bonds. The smallest absolute Gasteiger partial charge is 0.240 e. The van der Waals surface area contributed by atoms with Crippen LogP contribution in [0.4, 0.5) is 0 Å². The lowest BCUT2D eigenvalue weighted by Gasteiger charge is -2.23. The first-order valence-electron chi connectivity index (χ1n) is 7.54. The van der Waals surface area contributed by atoms with Gasteiger partial charge in [-0.25, -0.2) is 13.1 Å². The summed E-state index contributed by atoms with van der Waals surface area (Å²) in [5, 5.41) is 3.22. The summed E-state index contributed by atoms with van der Waals surface area (Å²) in [4.78, 5) is 0.319. The standard InChI is InChI=1S/C17H20N2O2S.ClH/c20-22(21,19-16-9-5-11-18-13-16)17-10-4-8-15(12-17)14-6-2-1-3-7-14;/h1-4,6-8,10,12,16,18-19H,5,9,11,13H2;1H/t16-;/m0./s1. The van der Waals surface area contributed by atoms with Crippen LogP contribution in [0.1, 0.15) is 12.8 Å². The van der Waals surface area contributed by atoms with Gasteiger partial charge in [-0.2, -0.15) is 0 Å². The Balaban J connectivity index is 0.00000192. The second-order valence-corrected chi connectivity index (χ2v) is 7.27. The van der Waals surface area contributed by atoms with Gasteiger partial charge in [-0.15, -0.1) is 12.4 Å². The van der Waals surface area contributed by atoms with Gasteiger partial charge in [0.2, 0.25) is 10.0 Å². The van der Waals surface area contributed by atoms with Crippen molar-refractivity contribution in [1.82, 2.24) is 10.0 Å². The molecule has 124 valence electrons. The van der Waals surface area contributed by atoms with Crippen LogP contribution in [0.2, 0.25) is 0 Å². The lowest BCUT2D eigenvalue weighted by molar-refractivity contribution is 0.428. The Hall–Kier alpha value is -1.40. The fraction of sp³-hybridized carbons (Fsp3) is 0.294. The quantitative estimate of drug-likeness (QED) is 0.889. The zero-order valence-electron chi connectivity index (χ0n) is 12.7. The van der Waals surface area contributed by atoms with E-state index in [1.165, 1.54) is 0 Å². The highest BCUT2D eigenvalue weighted by molar-refractivity contribution is 7.89. The molecule has 2 aromatic carbocycles. The van der Waals surface area contributed by atoms with Gasteiger partial charge in [0.15, 0.2) is 0 Å². The molecule has 1 saturated heterocycles. The highest BCUT2D eigenvalue weighted by Crippen LogP contribution is 2.22. The fourth-order valence-corrected chi connectivity index (χ4v) is 4.03. The Labute approximate surface area is 143 Å². The summed E-state index contributed by atoms with van der Waals surface area (Å²) < 4.78 is 27.9. The molecule has 2 aromatic rings. The summed E-state index contributed by atoms with van der Waals surface area (Å²) in [5.41, 5.74) is 1.92. The van der Waals surface area contributed by atoms with Crippen LogP contribution in [0.3, 0.4) is 0 Å². The maximum Gasteiger partial charge on any atom is 0.240 e. The molecule has 0 radical (unpaired) electrons. The van der Waals surface area contributed by atoms with Gasteiger partial charge in [-0.3, -0.25) is 0 Å². The fourth-order valence-electron chi connectivity index (χ4n) is 2.71. The van der Waals surface area contributed by atoms with Crippen molar-refractivity contribution < 1.29 is 8.42 Å². The second kappa shape index (κ2) is 7.93. The number of sulfonamides is 1. The van der Waals surface area contributed by atoms with Crippen molar-refractivity contribution in [2.24, 2.45) is 0 Å². The Morgan fingerprint density at radius 2 is 1.74 bits per heavy atom. The van der Waals surface area contributed by atoms with Gasteiger partial charge in [0.25, 0.3) is 0 Å². The molecular formula is C17H21ClN2O2S. The highest BCUT2D eigenvalue weighted by Gasteiger charge is 2.21. The Kier molecular flexibility index (Phi) is 6.18. The summed E-state index contributed by atoms with van der Waals surface area (Å²) >= 11 is 0. The zero-order chi connectivity index (χ0) is 15.4. The molecule has 1 aliphatic heterocycles. The van der Waals surface area contributed by atoms with Crippen LogP contribution in [0.25, 0.3) is 11.1 Å². The van der Waals surface area contributed by atoms with Crippen molar-refractivity contribution in [2.75, 3.05) is 13.1 Å². The van der Waals surface area contributed by atoms with E-state index in [0.717, 1.165) is 30.5 Å². The van der Waals surface area contributed by atoms with Crippen LogP contribution in [0.15, 0.2) is 59.5 Å². The van der Waals surface area contributed by atoms with Crippen LogP contribution in [-0.2, 0) is 10.0 Å². The first kappa shape index (κ1) is 17.9. The molecule has 0 aromatic heterocycles. The van der Waals surface area contributed by atoms with Crippen molar-refractivity contribution in [1.29, 1.82) is 0 Å². The van der Waals surface area contributed by atoms with E-state index in [1.54, 1.807) is 18.2 Å². The molecule has 3 rings (SSSR count). The van der Waals surface area contributed by atoms with Crippen LogP contribution in [0.5, 0.6) is 0 Å². The van der Waals surface area contributed by atoms with E-state index in [0.29, 0.717) is 11.4 Å². The highest BCUT2D eigenvalue weighted by atomic mass is 35.5. The molecule has 0 saturated carbocycles. The van der Waals surface area contributed by atoms with Crippen LogP contribution >= 0.6 is 12.4 Å². The van der Waals surface area contributed by atoms with Gasteiger partial charge in [0, 0.05) is 12.6 Å². The van der Waals surface area contributed by atoms with E-state index in [-0.39, 0.29) is 18.4 Å². The summed E-state index contributed by atoms with van der Waals surface area (Å²) in [6, 6.07) is 16.9. The van der Waals surface area contributed by atoms with Crippen molar-refractivity contribution in [3.63, 3.8) is 0 Å². The maximum atomic E-state index is 12.5. The van der Waals surface area contributed by atoms with Crippen LogP contribution in [-0.4, -0.2) is 27.5 Å². The molecule has 0 unspecified atom stereocenters. The summed E-state index contributed by atoms with van der Waals surface area (Å²) in [5.74, 6) is 0. The molecule has 6 heteroatoms. The van der Waals surface area contributed by atoms with Crippen LogP contribution < -0.4 is 10.0 Å². The topological polar surface area (TPSA) is 58.2 Å². The molecule has 0 bridgehead atoms. The number of nitrogens with one attached hydrogen (secondary N) is 2. The molecule has 0 aliphatic carbocycles. The number of hydrogen-bond donors (Lipinski definition) is 2. The van der Waals surface area contributed by atoms with Gasteiger partial charge >= 0.3 is 0 Å². The molecule has 2 N–H and O–H groups in total. The monoisotopic (exact) mass is 352 g/mol. The van der Waals surface area contributed by atoms with E-state index in [2.05, 4.69) is 10.0 Å². The number of piperidine rings is 1. The zero-order valence-corrected chi connectivity index (χ0v) is 14.4. The van der Waals surface area contributed by atoms with E-state index in [4.69, 9.17) is 0 Å². The normalized spacial score (nSPS) is 18.2. The van der Waals surface area contributed by atoms with Crippen LogP contribution in [0, 0.1) is 0 Å². The SMILES string of the molecule is Cl.O=S(=O)(N[C@H]1CCCNC1)c1cccc(-c2ccccc2)c1. The molecule has 1 atom stereocenters. The lowest BCUT2D eigenvalue weighted by atomic mass is 10.1. The van der Waals surface area contributed by atoms with Gasteiger partial charge < -0.3 is 5.32 Å². The first-order valence-corrected chi connectivity index (χ1v) is 9.02. The van der Waals surface area contributed by atoms with Gasteiger partial charge in [-0.1, -0.05) is 42.5 Å². The average Bonchev–Trinajstić information content (AvgIpc) is 2.56. The third-order valence-electron chi connectivity index (χ3n) is 3.87.